The van der Waals surface area contributed by atoms with Crippen LogP contribution < -0.4 is 5.73 Å². The molecule has 118 valence electrons. The summed E-state index contributed by atoms with van der Waals surface area (Å²) in [6.07, 6.45) is -2.23. The summed E-state index contributed by atoms with van der Waals surface area (Å²) in [6, 6.07) is 6.68. The molecule has 0 bridgehead atoms. The van der Waals surface area contributed by atoms with E-state index < -0.39 is 39.7 Å². The molecular weight excluding hydrogens is 322 g/mol. The standard InChI is InChI=1S/C10H16N2O7P2/c11-9(8-4-2-1-3-5-8)10(13)12(6-20(14,15)16)7-21(17,18)19/h1-5,9H,6-7,11H2,(H2,14,15,16)(H2,17,18,19). The Morgan fingerprint density at radius 3 is 1.86 bits per heavy atom. The van der Waals surface area contributed by atoms with Gasteiger partial charge in [-0.1, -0.05) is 30.3 Å². The summed E-state index contributed by atoms with van der Waals surface area (Å²) in [5, 5.41) is 0. The monoisotopic (exact) mass is 338 g/mol. The van der Waals surface area contributed by atoms with Crippen molar-refractivity contribution in [2.45, 2.75) is 6.04 Å². The van der Waals surface area contributed by atoms with Gasteiger partial charge in [-0.15, -0.1) is 0 Å². The Morgan fingerprint density at radius 2 is 1.48 bits per heavy atom. The molecule has 6 N–H and O–H groups in total. The molecule has 0 radical (unpaired) electrons. The second-order valence-corrected chi connectivity index (χ2v) is 7.60. The van der Waals surface area contributed by atoms with Crippen molar-refractivity contribution in [3.8, 4) is 0 Å². The Morgan fingerprint density at radius 1 is 1.05 bits per heavy atom. The quantitative estimate of drug-likeness (QED) is 0.445. The fourth-order valence-corrected chi connectivity index (χ4v) is 3.15. The van der Waals surface area contributed by atoms with Gasteiger partial charge in [-0.25, -0.2) is 0 Å². The first kappa shape index (κ1) is 18.0. The maximum atomic E-state index is 12.1. The summed E-state index contributed by atoms with van der Waals surface area (Å²) in [5.41, 5.74) is 6.04. The summed E-state index contributed by atoms with van der Waals surface area (Å²) in [6.45, 7) is 0. The predicted molar refractivity (Wildman–Crippen MR) is 74.0 cm³/mol. The molecule has 1 rings (SSSR count). The zero-order valence-electron chi connectivity index (χ0n) is 10.8. The molecule has 0 heterocycles. The van der Waals surface area contributed by atoms with Gasteiger partial charge in [0, 0.05) is 0 Å². The Labute approximate surface area is 120 Å². The third-order valence-corrected chi connectivity index (χ3v) is 3.87. The fourth-order valence-electron chi connectivity index (χ4n) is 1.63. The van der Waals surface area contributed by atoms with Crippen LogP contribution in [0.5, 0.6) is 0 Å². The molecule has 0 fully saturated rings. The molecule has 1 atom stereocenters. The van der Waals surface area contributed by atoms with Crippen LogP contribution in [0.4, 0.5) is 0 Å². The van der Waals surface area contributed by atoms with E-state index in [2.05, 4.69) is 0 Å². The zero-order valence-corrected chi connectivity index (χ0v) is 12.6. The number of carbonyl (C=O) groups excluding carboxylic acids is 1. The van der Waals surface area contributed by atoms with Crippen molar-refractivity contribution >= 4 is 21.1 Å². The highest BCUT2D eigenvalue weighted by molar-refractivity contribution is 7.52. The van der Waals surface area contributed by atoms with Crippen molar-refractivity contribution in [2.24, 2.45) is 5.73 Å². The number of carbonyl (C=O) groups is 1. The molecule has 1 aromatic carbocycles. The average Bonchev–Trinajstić information content (AvgIpc) is 2.34. The van der Waals surface area contributed by atoms with Gasteiger partial charge in [0.05, 0.1) is 0 Å². The molecule has 1 amide bonds. The molecular formula is C10H16N2O7P2. The molecule has 0 aliphatic rings. The Bertz CT molecular complexity index is 558. The molecule has 0 saturated heterocycles. The van der Waals surface area contributed by atoms with E-state index in [4.69, 9.17) is 25.3 Å². The van der Waals surface area contributed by atoms with Crippen LogP contribution in [-0.4, -0.2) is 43.0 Å². The van der Waals surface area contributed by atoms with Gasteiger partial charge in [0.2, 0.25) is 5.91 Å². The second-order valence-electron chi connectivity index (χ2n) is 4.38. The zero-order chi connectivity index (χ0) is 16.3. The summed E-state index contributed by atoms with van der Waals surface area (Å²) >= 11 is 0. The lowest BCUT2D eigenvalue weighted by Crippen LogP contribution is -2.39. The topological polar surface area (TPSA) is 161 Å². The number of nitrogens with two attached hydrogens (primary N) is 1. The normalized spacial score (nSPS) is 13.8. The molecule has 0 spiro atoms. The Balaban J connectivity index is 2.99. The van der Waals surface area contributed by atoms with Gasteiger partial charge in [0.15, 0.2) is 0 Å². The van der Waals surface area contributed by atoms with E-state index in [1.54, 1.807) is 18.2 Å². The van der Waals surface area contributed by atoms with Gasteiger partial charge in [0.1, 0.15) is 18.6 Å². The van der Waals surface area contributed by atoms with Crippen molar-refractivity contribution in [2.75, 3.05) is 12.6 Å². The van der Waals surface area contributed by atoms with Gasteiger partial charge in [-0.2, -0.15) is 0 Å². The maximum absolute atomic E-state index is 12.1. The van der Waals surface area contributed by atoms with Crippen molar-refractivity contribution < 1.29 is 33.5 Å². The van der Waals surface area contributed by atoms with Gasteiger partial charge >= 0.3 is 15.2 Å². The van der Waals surface area contributed by atoms with Crippen LogP contribution in [0.1, 0.15) is 11.6 Å². The third-order valence-electron chi connectivity index (χ3n) is 2.45. The van der Waals surface area contributed by atoms with Crippen LogP contribution in [0, 0.1) is 0 Å². The number of amides is 1. The minimum Gasteiger partial charge on any atom is -0.323 e. The number of nitrogens with zero attached hydrogens (tertiary/aromatic N) is 1. The highest BCUT2D eigenvalue weighted by Gasteiger charge is 2.32. The Hall–Kier alpha value is -1.05. The summed E-state index contributed by atoms with van der Waals surface area (Å²) in [4.78, 5) is 48.1. The first-order valence-corrected chi connectivity index (χ1v) is 9.27. The van der Waals surface area contributed by atoms with E-state index in [0.717, 1.165) is 0 Å². The van der Waals surface area contributed by atoms with Gasteiger partial charge in [-0.05, 0) is 5.56 Å². The van der Waals surface area contributed by atoms with E-state index in [0.29, 0.717) is 10.5 Å². The van der Waals surface area contributed by atoms with Crippen molar-refractivity contribution in [1.29, 1.82) is 0 Å². The SMILES string of the molecule is NC(C(=O)N(CP(=O)(O)O)CP(=O)(O)O)c1ccccc1. The second kappa shape index (κ2) is 6.81. The lowest BCUT2D eigenvalue weighted by Gasteiger charge is -2.26. The predicted octanol–water partition coefficient (Wildman–Crippen LogP) is -0.215. The number of hydrogen-bond acceptors (Lipinski definition) is 4. The average molecular weight is 338 g/mol. The molecule has 0 aliphatic heterocycles. The largest absolute Gasteiger partial charge is 0.344 e. The Kier molecular flexibility index (Phi) is 5.83. The first-order valence-electron chi connectivity index (χ1n) is 5.68. The van der Waals surface area contributed by atoms with Gasteiger partial charge < -0.3 is 30.2 Å². The molecule has 0 aromatic heterocycles. The summed E-state index contributed by atoms with van der Waals surface area (Å²) in [5.74, 6) is -0.979. The number of benzene rings is 1. The van der Waals surface area contributed by atoms with E-state index in [1.807, 2.05) is 0 Å². The molecule has 1 unspecified atom stereocenters. The maximum Gasteiger partial charge on any atom is 0.344 e. The van der Waals surface area contributed by atoms with Crippen LogP contribution in [-0.2, 0) is 13.9 Å². The minimum atomic E-state index is -4.69. The smallest absolute Gasteiger partial charge is 0.323 e. The fraction of sp³-hybridized carbons (Fsp3) is 0.300. The van der Waals surface area contributed by atoms with Crippen LogP contribution in [0.2, 0.25) is 0 Å². The van der Waals surface area contributed by atoms with E-state index >= 15 is 0 Å². The minimum absolute atomic E-state index is 0.365. The van der Waals surface area contributed by atoms with Crippen molar-refractivity contribution in [3.63, 3.8) is 0 Å². The van der Waals surface area contributed by atoms with Gasteiger partial charge in [0.25, 0.3) is 0 Å². The lowest BCUT2D eigenvalue weighted by molar-refractivity contribution is -0.131. The molecule has 1 aromatic rings. The first-order chi connectivity index (χ1) is 9.49. The summed E-state index contributed by atoms with van der Waals surface area (Å²) in [7, 11) is -9.37. The molecule has 9 nitrogen and oxygen atoms in total. The van der Waals surface area contributed by atoms with E-state index in [9.17, 15) is 13.9 Å². The van der Waals surface area contributed by atoms with Crippen molar-refractivity contribution in [1.82, 2.24) is 4.90 Å². The summed E-state index contributed by atoms with van der Waals surface area (Å²) < 4.78 is 22.0. The van der Waals surface area contributed by atoms with E-state index in [-0.39, 0.29) is 0 Å². The highest BCUT2D eigenvalue weighted by atomic mass is 31.2. The lowest BCUT2D eigenvalue weighted by atomic mass is 10.1. The molecule has 21 heavy (non-hydrogen) atoms. The van der Waals surface area contributed by atoms with Crippen molar-refractivity contribution in [3.05, 3.63) is 35.9 Å². The number of rotatable bonds is 6. The van der Waals surface area contributed by atoms with Crippen LogP contribution in [0.15, 0.2) is 30.3 Å². The van der Waals surface area contributed by atoms with E-state index in [1.165, 1.54) is 12.1 Å². The van der Waals surface area contributed by atoms with Crippen LogP contribution >= 0.6 is 15.2 Å². The number of hydrogen-bond donors (Lipinski definition) is 5. The van der Waals surface area contributed by atoms with Gasteiger partial charge in [-0.3, -0.25) is 13.9 Å². The third kappa shape index (κ3) is 6.50. The highest BCUT2D eigenvalue weighted by Crippen LogP contribution is 2.41. The van der Waals surface area contributed by atoms with Crippen LogP contribution in [0.3, 0.4) is 0 Å². The van der Waals surface area contributed by atoms with Crippen LogP contribution in [0.25, 0.3) is 0 Å². The molecule has 0 saturated carbocycles. The molecule has 11 heteroatoms. The molecule has 0 aliphatic carbocycles.